The lowest BCUT2D eigenvalue weighted by molar-refractivity contribution is 0.174. The van der Waals surface area contributed by atoms with Gasteiger partial charge in [-0.15, -0.1) is 0 Å². The van der Waals surface area contributed by atoms with Crippen molar-refractivity contribution in [2.45, 2.75) is 32.1 Å². The fourth-order valence-corrected chi connectivity index (χ4v) is 2.87. The molecule has 0 aromatic heterocycles. The zero-order valence-electron chi connectivity index (χ0n) is 11.5. The molecule has 2 nitrogen and oxygen atoms in total. The minimum Gasteiger partial charge on any atom is -0.330 e. The standard InChI is InChI=1S/C16H26N2/c1-14(16-7-3-2-4-8-16)9-11-18-10-5-6-15(12-17)13-18/h2-4,7-8,14-15H,5-6,9-13,17H2,1H3. The molecule has 1 aliphatic heterocycles. The molecule has 0 spiro atoms. The number of nitrogens with two attached hydrogens (primary N) is 1. The molecule has 1 aliphatic rings. The summed E-state index contributed by atoms with van der Waals surface area (Å²) in [6.45, 7) is 6.87. The number of likely N-dealkylation sites (tertiary alicyclic amines) is 1. The highest BCUT2D eigenvalue weighted by Crippen LogP contribution is 2.21. The van der Waals surface area contributed by atoms with Crippen molar-refractivity contribution >= 4 is 0 Å². The highest BCUT2D eigenvalue weighted by Gasteiger charge is 2.18. The Labute approximate surface area is 111 Å². The van der Waals surface area contributed by atoms with E-state index in [2.05, 4.69) is 42.2 Å². The number of piperidine rings is 1. The van der Waals surface area contributed by atoms with E-state index in [9.17, 15) is 0 Å². The Morgan fingerprint density at radius 1 is 1.33 bits per heavy atom. The molecule has 2 atom stereocenters. The Morgan fingerprint density at radius 2 is 2.11 bits per heavy atom. The van der Waals surface area contributed by atoms with Crippen LogP contribution in [0.15, 0.2) is 30.3 Å². The summed E-state index contributed by atoms with van der Waals surface area (Å²) in [5.41, 5.74) is 7.25. The fourth-order valence-electron chi connectivity index (χ4n) is 2.87. The molecule has 2 unspecified atom stereocenters. The quantitative estimate of drug-likeness (QED) is 0.865. The zero-order chi connectivity index (χ0) is 12.8. The van der Waals surface area contributed by atoms with Crippen molar-refractivity contribution in [2.24, 2.45) is 11.7 Å². The molecule has 2 N–H and O–H groups in total. The van der Waals surface area contributed by atoms with Crippen LogP contribution >= 0.6 is 0 Å². The van der Waals surface area contributed by atoms with Crippen LogP contribution in [0.4, 0.5) is 0 Å². The van der Waals surface area contributed by atoms with Gasteiger partial charge in [0.2, 0.25) is 0 Å². The summed E-state index contributed by atoms with van der Waals surface area (Å²) >= 11 is 0. The van der Waals surface area contributed by atoms with Crippen LogP contribution < -0.4 is 5.73 Å². The smallest absolute Gasteiger partial charge is 0.00217 e. The van der Waals surface area contributed by atoms with Crippen molar-refractivity contribution < 1.29 is 0 Å². The van der Waals surface area contributed by atoms with E-state index in [1.54, 1.807) is 0 Å². The summed E-state index contributed by atoms with van der Waals surface area (Å²) in [4.78, 5) is 2.60. The SMILES string of the molecule is CC(CCN1CCCC(CN)C1)c1ccccc1. The van der Waals surface area contributed by atoms with Crippen molar-refractivity contribution in [2.75, 3.05) is 26.2 Å². The molecule has 0 saturated carbocycles. The van der Waals surface area contributed by atoms with Gasteiger partial charge in [-0.2, -0.15) is 0 Å². The second-order valence-electron chi connectivity index (χ2n) is 5.64. The molecule has 1 heterocycles. The van der Waals surface area contributed by atoms with E-state index < -0.39 is 0 Å². The summed E-state index contributed by atoms with van der Waals surface area (Å²) in [6, 6.07) is 10.8. The predicted octanol–water partition coefficient (Wildman–Crippen LogP) is 2.85. The topological polar surface area (TPSA) is 29.3 Å². The molecule has 1 saturated heterocycles. The van der Waals surface area contributed by atoms with Gasteiger partial charge in [0, 0.05) is 6.54 Å². The molecular weight excluding hydrogens is 220 g/mol. The Balaban J connectivity index is 1.77. The number of benzene rings is 1. The van der Waals surface area contributed by atoms with Crippen molar-refractivity contribution in [3.05, 3.63) is 35.9 Å². The maximum absolute atomic E-state index is 5.79. The number of rotatable bonds is 5. The fraction of sp³-hybridized carbons (Fsp3) is 0.625. The van der Waals surface area contributed by atoms with Crippen LogP contribution in [0.2, 0.25) is 0 Å². The van der Waals surface area contributed by atoms with E-state index in [0.717, 1.165) is 12.5 Å². The number of hydrogen-bond acceptors (Lipinski definition) is 2. The zero-order valence-corrected chi connectivity index (χ0v) is 11.5. The van der Waals surface area contributed by atoms with Gasteiger partial charge in [0.1, 0.15) is 0 Å². The second-order valence-corrected chi connectivity index (χ2v) is 5.64. The highest BCUT2D eigenvalue weighted by molar-refractivity contribution is 5.18. The van der Waals surface area contributed by atoms with E-state index in [-0.39, 0.29) is 0 Å². The van der Waals surface area contributed by atoms with E-state index >= 15 is 0 Å². The summed E-state index contributed by atoms with van der Waals surface area (Å²) in [5, 5.41) is 0. The van der Waals surface area contributed by atoms with Gasteiger partial charge in [0.25, 0.3) is 0 Å². The lowest BCUT2D eigenvalue weighted by Gasteiger charge is -2.32. The summed E-state index contributed by atoms with van der Waals surface area (Å²) in [5.74, 6) is 1.38. The molecule has 0 bridgehead atoms. The molecule has 0 amide bonds. The van der Waals surface area contributed by atoms with Crippen molar-refractivity contribution in [3.63, 3.8) is 0 Å². The van der Waals surface area contributed by atoms with Gasteiger partial charge >= 0.3 is 0 Å². The third kappa shape index (κ3) is 3.82. The first kappa shape index (κ1) is 13.6. The van der Waals surface area contributed by atoms with Crippen LogP contribution in [-0.2, 0) is 0 Å². The number of nitrogens with zero attached hydrogens (tertiary/aromatic N) is 1. The van der Waals surface area contributed by atoms with Gasteiger partial charge in [-0.3, -0.25) is 0 Å². The Hall–Kier alpha value is -0.860. The maximum Gasteiger partial charge on any atom is 0.00217 e. The molecule has 100 valence electrons. The first-order valence-electron chi connectivity index (χ1n) is 7.27. The van der Waals surface area contributed by atoms with Crippen molar-refractivity contribution in [1.82, 2.24) is 4.90 Å². The van der Waals surface area contributed by atoms with Crippen LogP contribution in [0.25, 0.3) is 0 Å². The van der Waals surface area contributed by atoms with Crippen LogP contribution in [0.1, 0.15) is 37.7 Å². The van der Waals surface area contributed by atoms with Gasteiger partial charge in [-0.25, -0.2) is 0 Å². The molecule has 0 radical (unpaired) electrons. The summed E-state index contributed by atoms with van der Waals surface area (Å²) in [7, 11) is 0. The molecule has 2 heteroatoms. The van der Waals surface area contributed by atoms with Crippen LogP contribution in [0, 0.1) is 5.92 Å². The summed E-state index contributed by atoms with van der Waals surface area (Å²) < 4.78 is 0. The average Bonchev–Trinajstić information content (AvgIpc) is 2.46. The van der Waals surface area contributed by atoms with Crippen LogP contribution in [0.5, 0.6) is 0 Å². The first-order valence-corrected chi connectivity index (χ1v) is 7.27. The molecule has 18 heavy (non-hydrogen) atoms. The maximum atomic E-state index is 5.79. The molecule has 1 aromatic carbocycles. The van der Waals surface area contributed by atoms with Gasteiger partial charge in [0.15, 0.2) is 0 Å². The lowest BCUT2D eigenvalue weighted by Crippen LogP contribution is -2.39. The lowest BCUT2D eigenvalue weighted by atomic mass is 9.95. The third-order valence-corrected chi connectivity index (χ3v) is 4.18. The summed E-state index contributed by atoms with van der Waals surface area (Å²) in [6.07, 6.45) is 3.89. The molecule has 1 aromatic rings. The van der Waals surface area contributed by atoms with Gasteiger partial charge in [0.05, 0.1) is 0 Å². The normalized spacial score (nSPS) is 22.9. The second kappa shape index (κ2) is 6.91. The monoisotopic (exact) mass is 246 g/mol. The third-order valence-electron chi connectivity index (χ3n) is 4.18. The molecule has 0 aliphatic carbocycles. The van der Waals surface area contributed by atoms with Crippen molar-refractivity contribution in [3.8, 4) is 0 Å². The largest absolute Gasteiger partial charge is 0.330 e. The van der Waals surface area contributed by atoms with Gasteiger partial charge in [-0.1, -0.05) is 37.3 Å². The van der Waals surface area contributed by atoms with E-state index in [0.29, 0.717) is 5.92 Å². The van der Waals surface area contributed by atoms with Crippen molar-refractivity contribution in [1.29, 1.82) is 0 Å². The Bertz CT molecular complexity index is 336. The minimum absolute atomic E-state index is 0.657. The molecule has 1 fully saturated rings. The Morgan fingerprint density at radius 3 is 2.83 bits per heavy atom. The van der Waals surface area contributed by atoms with Crippen LogP contribution in [-0.4, -0.2) is 31.1 Å². The predicted molar refractivity (Wildman–Crippen MR) is 77.7 cm³/mol. The first-order chi connectivity index (χ1) is 8.79. The Kier molecular flexibility index (Phi) is 5.21. The highest BCUT2D eigenvalue weighted by atomic mass is 15.1. The van der Waals surface area contributed by atoms with Crippen LogP contribution in [0.3, 0.4) is 0 Å². The van der Waals surface area contributed by atoms with E-state index in [1.165, 1.54) is 44.5 Å². The molecule has 2 rings (SSSR count). The van der Waals surface area contributed by atoms with Gasteiger partial charge in [-0.05, 0) is 56.3 Å². The van der Waals surface area contributed by atoms with Gasteiger partial charge < -0.3 is 10.6 Å². The minimum atomic E-state index is 0.657. The number of hydrogen-bond donors (Lipinski definition) is 1. The average molecular weight is 246 g/mol. The molecular formula is C16H26N2. The van der Waals surface area contributed by atoms with E-state index in [4.69, 9.17) is 5.73 Å². The van der Waals surface area contributed by atoms with E-state index in [1.807, 2.05) is 0 Å².